The standard InChI is InChI=1S/C14H16N2O3/c1-8-6-5-7-11(14(17)18)12(8)19-13-9(2)15-16(4)10(13)3/h5-7H,1-4H3,(H,17,18). The van der Waals surface area contributed by atoms with Gasteiger partial charge in [-0.1, -0.05) is 12.1 Å². The second-order valence-electron chi connectivity index (χ2n) is 4.48. The van der Waals surface area contributed by atoms with Crippen LogP contribution in [0.4, 0.5) is 0 Å². The van der Waals surface area contributed by atoms with E-state index in [4.69, 9.17) is 4.74 Å². The first-order valence-electron chi connectivity index (χ1n) is 5.92. The lowest BCUT2D eigenvalue weighted by molar-refractivity contribution is 0.0694. The minimum Gasteiger partial charge on any atom is -0.478 e. The number of hydrogen-bond acceptors (Lipinski definition) is 3. The van der Waals surface area contributed by atoms with Gasteiger partial charge in [0, 0.05) is 7.05 Å². The molecule has 0 aliphatic heterocycles. The maximum atomic E-state index is 11.2. The molecule has 0 saturated carbocycles. The van der Waals surface area contributed by atoms with E-state index in [1.54, 1.807) is 10.7 Å². The number of rotatable bonds is 3. The van der Waals surface area contributed by atoms with Gasteiger partial charge in [-0.2, -0.15) is 5.10 Å². The third-order valence-electron chi connectivity index (χ3n) is 3.09. The van der Waals surface area contributed by atoms with Crippen molar-refractivity contribution in [2.24, 2.45) is 7.05 Å². The Bertz CT molecular complexity index is 644. The van der Waals surface area contributed by atoms with Crippen LogP contribution in [-0.2, 0) is 7.05 Å². The zero-order valence-corrected chi connectivity index (χ0v) is 11.4. The molecule has 5 nitrogen and oxygen atoms in total. The van der Waals surface area contributed by atoms with Crippen molar-refractivity contribution in [1.29, 1.82) is 0 Å². The number of hydrogen-bond donors (Lipinski definition) is 1. The van der Waals surface area contributed by atoms with E-state index in [9.17, 15) is 9.90 Å². The summed E-state index contributed by atoms with van der Waals surface area (Å²) in [6.07, 6.45) is 0. The normalized spacial score (nSPS) is 10.5. The van der Waals surface area contributed by atoms with Gasteiger partial charge in [0.2, 0.25) is 0 Å². The van der Waals surface area contributed by atoms with Crippen molar-refractivity contribution >= 4 is 5.97 Å². The van der Waals surface area contributed by atoms with E-state index < -0.39 is 5.97 Å². The fourth-order valence-corrected chi connectivity index (χ4v) is 1.96. The molecule has 100 valence electrons. The second kappa shape index (κ2) is 4.76. The van der Waals surface area contributed by atoms with Crippen molar-refractivity contribution < 1.29 is 14.6 Å². The molecule has 0 fully saturated rings. The number of aromatic carboxylic acids is 1. The number of carboxylic acids is 1. The molecule has 0 amide bonds. The summed E-state index contributed by atoms with van der Waals surface area (Å²) in [6, 6.07) is 5.06. The van der Waals surface area contributed by atoms with Crippen molar-refractivity contribution in [1.82, 2.24) is 9.78 Å². The van der Waals surface area contributed by atoms with Crippen LogP contribution < -0.4 is 4.74 Å². The SMILES string of the molecule is Cc1cccc(C(=O)O)c1Oc1c(C)nn(C)c1C. The largest absolute Gasteiger partial charge is 0.478 e. The van der Waals surface area contributed by atoms with Crippen LogP contribution in [0.25, 0.3) is 0 Å². The smallest absolute Gasteiger partial charge is 0.339 e. The molecule has 19 heavy (non-hydrogen) atoms. The lowest BCUT2D eigenvalue weighted by Gasteiger charge is -2.11. The minimum absolute atomic E-state index is 0.155. The van der Waals surface area contributed by atoms with Gasteiger partial charge in [-0.3, -0.25) is 4.68 Å². The van der Waals surface area contributed by atoms with E-state index >= 15 is 0 Å². The molecule has 0 aliphatic carbocycles. The van der Waals surface area contributed by atoms with E-state index in [-0.39, 0.29) is 5.56 Å². The zero-order valence-electron chi connectivity index (χ0n) is 11.4. The van der Waals surface area contributed by atoms with Crippen molar-refractivity contribution in [3.63, 3.8) is 0 Å². The van der Waals surface area contributed by atoms with Crippen LogP contribution in [0.15, 0.2) is 18.2 Å². The number of nitrogens with zero attached hydrogens (tertiary/aromatic N) is 2. The van der Waals surface area contributed by atoms with Crippen LogP contribution in [0.5, 0.6) is 11.5 Å². The van der Waals surface area contributed by atoms with Crippen LogP contribution >= 0.6 is 0 Å². The van der Waals surface area contributed by atoms with Gasteiger partial charge in [0.05, 0.1) is 5.69 Å². The van der Waals surface area contributed by atoms with Crippen molar-refractivity contribution in [3.05, 3.63) is 40.7 Å². The predicted octanol–water partition coefficient (Wildman–Crippen LogP) is 2.84. The third-order valence-corrected chi connectivity index (χ3v) is 3.09. The Labute approximate surface area is 111 Å². The molecule has 0 unspecified atom stereocenters. The highest BCUT2D eigenvalue weighted by molar-refractivity contribution is 5.91. The van der Waals surface area contributed by atoms with Gasteiger partial charge in [-0.15, -0.1) is 0 Å². The monoisotopic (exact) mass is 260 g/mol. The molecular weight excluding hydrogens is 244 g/mol. The second-order valence-corrected chi connectivity index (χ2v) is 4.48. The Balaban J connectivity index is 2.52. The van der Waals surface area contributed by atoms with E-state index in [1.165, 1.54) is 6.07 Å². The Hall–Kier alpha value is -2.30. The quantitative estimate of drug-likeness (QED) is 0.921. The van der Waals surface area contributed by atoms with Crippen molar-refractivity contribution in [2.75, 3.05) is 0 Å². The van der Waals surface area contributed by atoms with Crippen molar-refractivity contribution in [3.8, 4) is 11.5 Å². The molecule has 1 heterocycles. The fourth-order valence-electron chi connectivity index (χ4n) is 1.96. The maximum absolute atomic E-state index is 11.2. The van der Waals surface area contributed by atoms with E-state index in [0.717, 1.165) is 17.0 Å². The van der Waals surface area contributed by atoms with Crippen LogP contribution in [0.2, 0.25) is 0 Å². The van der Waals surface area contributed by atoms with E-state index in [2.05, 4.69) is 5.10 Å². The summed E-state index contributed by atoms with van der Waals surface area (Å²) in [5.41, 5.74) is 2.53. The summed E-state index contributed by atoms with van der Waals surface area (Å²) in [7, 11) is 1.82. The Morgan fingerprint density at radius 3 is 2.47 bits per heavy atom. The van der Waals surface area contributed by atoms with Crippen LogP contribution in [0.1, 0.15) is 27.3 Å². The predicted molar refractivity (Wildman–Crippen MR) is 70.9 cm³/mol. The molecule has 2 rings (SSSR count). The van der Waals surface area contributed by atoms with Gasteiger partial charge >= 0.3 is 5.97 Å². The van der Waals surface area contributed by atoms with Gasteiger partial charge in [0.25, 0.3) is 0 Å². The van der Waals surface area contributed by atoms with Crippen LogP contribution in [0, 0.1) is 20.8 Å². The molecule has 1 aromatic heterocycles. The highest BCUT2D eigenvalue weighted by atomic mass is 16.5. The zero-order chi connectivity index (χ0) is 14.2. The molecule has 0 bridgehead atoms. The number of carboxylic acid groups (broad SMARTS) is 1. The van der Waals surface area contributed by atoms with Gasteiger partial charge in [0.15, 0.2) is 5.75 Å². The molecule has 0 radical (unpaired) electrons. The molecule has 0 aliphatic rings. The van der Waals surface area contributed by atoms with Crippen molar-refractivity contribution in [2.45, 2.75) is 20.8 Å². The average molecular weight is 260 g/mol. The Morgan fingerprint density at radius 1 is 1.26 bits per heavy atom. The first kappa shape index (κ1) is 13.1. The van der Waals surface area contributed by atoms with E-state index in [0.29, 0.717) is 11.5 Å². The molecule has 1 N–H and O–H groups in total. The lowest BCUT2D eigenvalue weighted by atomic mass is 10.1. The number of carbonyl (C=O) groups is 1. The fraction of sp³-hybridized carbons (Fsp3) is 0.286. The summed E-state index contributed by atoms with van der Waals surface area (Å²) >= 11 is 0. The van der Waals surface area contributed by atoms with Crippen LogP contribution in [-0.4, -0.2) is 20.9 Å². The summed E-state index contributed by atoms with van der Waals surface area (Å²) in [4.78, 5) is 11.2. The maximum Gasteiger partial charge on any atom is 0.339 e. The topological polar surface area (TPSA) is 64.3 Å². The minimum atomic E-state index is -1.00. The molecule has 2 aromatic rings. The number of aromatic nitrogens is 2. The number of aryl methyl sites for hydroxylation is 3. The Morgan fingerprint density at radius 2 is 1.95 bits per heavy atom. The summed E-state index contributed by atoms with van der Waals surface area (Å²) in [5, 5.41) is 13.5. The Kier molecular flexibility index (Phi) is 3.29. The molecule has 1 aromatic carbocycles. The van der Waals surface area contributed by atoms with E-state index in [1.807, 2.05) is 33.9 Å². The first-order valence-corrected chi connectivity index (χ1v) is 5.92. The first-order chi connectivity index (χ1) is 8.91. The molecule has 0 saturated heterocycles. The average Bonchev–Trinajstić information content (AvgIpc) is 2.57. The van der Waals surface area contributed by atoms with Gasteiger partial charge in [-0.05, 0) is 32.4 Å². The lowest BCUT2D eigenvalue weighted by Crippen LogP contribution is -2.02. The number of para-hydroxylation sites is 1. The highest BCUT2D eigenvalue weighted by Gasteiger charge is 2.18. The third kappa shape index (κ3) is 2.31. The summed E-state index contributed by atoms with van der Waals surface area (Å²) < 4.78 is 7.53. The van der Waals surface area contributed by atoms with Gasteiger partial charge < -0.3 is 9.84 Å². The number of ether oxygens (including phenoxy) is 1. The number of benzene rings is 1. The van der Waals surface area contributed by atoms with Crippen LogP contribution in [0.3, 0.4) is 0 Å². The van der Waals surface area contributed by atoms with Gasteiger partial charge in [0.1, 0.15) is 17.0 Å². The molecular formula is C14H16N2O3. The molecule has 5 heteroatoms. The molecule has 0 atom stereocenters. The highest BCUT2D eigenvalue weighted by Crippen LogP contribution is 2.32. The van der Waals surface area contributed by atoms with Gasteiger partial charge in [-0.25, -0.2) is 4.79 Å². The summed E-state index contributed by atoms with van der Waals surface area (Å²) in [6.45, 7) is 5.54. The molecule has 0 spiro atoms. The summed E-state index contributed by atoms with van der Waals surface area (Å²) in [5.74, 6) is -0.0219.